The third-order valence-corrected chi connectivity index (χ3v) is 5.58. The number of hydrogen-bond donors (Lipinski definition) is 1. The molecule has 1 aromatic heterocycles. The molecule has 3 heterocycles. The van der Waals surface area contributed by atoms with Gasteiger partial charge in [-0.15, -0.1) is 0 Å². The molecule has 1 amide bonds. The Hall–Kier alpha value is -2.22. The molecule has 1 N–H and O–H groups in total. The first kappa shape index (κ1) is 20.1. The molecule has 0 bridgehead atoms. The molecule has 0 aliphatic carbocycles. The zero-order valence-corrected chi connectivity index (χ0v) is 16.8. The molecule has 2 fully saturated rings. The zero-order chi connectivity index (χ0) is 19.9. The van der Waals surface area contributed by atoms with E-state index in [1.807, 2.05) is 16.8 Å². The number of likely N-dealkylation sites (tertiary alicyclic amines) is 1. The fourth-order valence-electron chi connectivity index (χ4n) is 4.06. The lowest BCUT2D eigenvalue weighted by atomic mass is 10.2. The van der Waals surface area contributed by atoms with E-state index in [4.69, 9.17) is 9.47 Å². The Morgan fingerprint density at radius 1 is 1.24 bits per heavy atom. The molecule has 29 heavy (non-hydrogen) atoms. The Bertz CT molecular complexity index is 773. The van der Waals surface area contributed by atoms with Crippen LogP contribution in [0.25, 0.3) is 0 Å². The molecular formula is C22H30N4O3. The Morgan fingerprint density at radius 2 is 2.14 bits per heavy atom. The lowest BCUT2D eigenvalue weighted by Crippen LogP contribution is -2.23. The van der Waals surface area contributed by atoms with Gasteiger partial charge in [-0.3, -0.25) is 9.69 Å². The molecule has 2 saturated heterocycles. The van der Waals surface area contributed by atoms with Crippen LogP contribution in [0.4, 0.5) is 5.82 Å². The van der Waals surface area contributed by atoms with Crippen molar-refractivity contribution in [1.29, 1.82) is 0 Å². The van der Waals surface area contributed by atoms with Crippen LogP contribution < -0.4 is 5.32 Å². The van der Waals surface area contributed by atoms with Crippen molar-refractivity contribution in [3.63, 3.8) is 0 Å². The van der Waals surface area contributed by atoms with Crippen LogP contribution in [0, 0.1) is 0 Å². The summed E-state index contributed by atoms with van der Waals surface area (Å²) < 4.78 is 13.1. The first-order chi connectivity index (χ1) is 14.3. The second kappa shape index (κ2) is 10.0. The van der Waals surface area contributed by atoms with E-state index < -0.39 is 0 Å². The maximum atomic E-state index is 12.3. The van der Waals surface area contributed by atoms with Crippen LogP contribution in [-0.4, -0.2) is 59.6 Å². The Kier molecular flexibility index (Phi) is 6.92. The summed E-state index contributed by atoms with van der Waals surface area (Å²) in [5.74, 6) is 0.721. The van der Waals surface area contributed by atoms with Gasteiger partial charge in [0.2, 0.25) is 5.91 Å². The predicted octanol–water partition coefficient (Wildman–Crippen LogP) is 2.85. The Balaban J connectivity index is 1.22. The summed E-state index contributed by atoms with van der Waals surface area (Å²) in [5.41, 5.74) is 1.32. The number of carbonyl (C=O) groups excluding carboxylic acids is 1. The lowest BCUT2D eigenvalue weighted by Gasteiger charge is -2.18. The van der Waals surface area contributed by atoms with E-state index in [1.54, 1.807) is 6.20 Å². The average molecular weight is 399 g/mol. The van der Waals surface area contributed by atoms with Crippen molar-refractivity contribution < 1.29 is 14.3 Å². The van der Waals surface area contributed by atoms with Crippen LogP contribution in [0.5, 0.6) is 0 Å². The van der Waals surface area contributed by atoms with Gasteiger partial charge in [0.05, 0.1) is 38.0 Å². The summed E-state index contributed by atoms with van der Waals surface area (Å²) in [4.78, 5) is 14.7. The van der Waals surface area contributed by atoms with Crippen molar-refractivity contribution in [2.45, 2.75) is 44.4 Å². The molecule has 0 radical (unpaired) electrons. The summed E-state index contributed by atoms with van der Waals surface area (Å²) in [5, 5.41) is 7.46. The highest BCUT2D eigenvalue weighted by Crippen LogP contribution is 2.25. The van der Waals surface area contributed by atoms with E-state index in [2.05, 4.69) is 39.6 Å². The lowest BCUT2D eigenvalue weighted by molar-refractivity contribution is -0.117. The first-order valence-electron chi connectivity index (χ1n) is 10.6. The van der Waals surface area contributed by atoms with Gasteiger partial charge in [0.25, 0.3) is 0 Å². The number of benzene rings is 1. The minimum atomic E-state index is -0.0433. The maximum Gasteiger partial charge on any atom is 0.227 e. The van der Waals surface area contributed by atoms with Crippen molar-refractivity contribution in [2.75, 3.05) is 38.2 Å². The molecule has 4 rings (SSSR count). The number of carbonyl (C=O) groups is 1. The van der Waals surface area contributed by atoms with Crippen LogP contribution in [0.15, 0.2) is 42.6 Å². The van der Waals surface area contributed by atoms with E-state index in [-0.39, 0.29) is 18.1 Å². The number of amides is 1. The van der Waals surface area contributed by atoms with Crippen molar-refractivity contribution in [1.82, 2.24) is 14.7 Å². The second-order valence-electron chi connectivity index (χ2n) is 7.83. The van der Waals surface area contributed by atoms with Crippen LogP contribution in [0.2, 0.25) is 0 Å². The number of nitrogens with one attached hydrogen (secondary N) is 1. The smallest absolute Gasteiger partial charge is 0.227 e. The molecule has 2 aliphatic heterocycles. The monoisotopic (exact) mass is 398 g/mol. The van der Waals surface area contributed by atoms with Crippen molar-refractivity contribution >= 4 is 11.7 Å². The minimum absolute atomic E-state index is 0.0433. The third kappa shape index (κ3) is 5.65. The molecule has 2 aliphatic rings. The van der Waals surface area contributed by atoms with Gasteiger partial charge in [0.15, 0.2) is 0 Å². The van der Waals surface area contributed by atoms with Gasteiger partial charge in [-0.05, 0) is 24.8 Å². The summed E-state index contributed by atoms with van der Waals surface area (Å²) >= 11 is 0. The van der Waals surface area contributed by atoms with Crippen molar-refractivity contribution in [2.24, 2.45) is 0 Å². The van der Waals surface area contributed by atoms with Gasteiger partial charge in [-0.1, -0.05) is 30.3 Å². The van der Waals surface area contributed by atoms with Gasteiger partial charge >= 0.3 is 0 Å². The summed E-state index contributed by atoms with van der Waals surface area (Å²) in [7, 11) is 0. The zero-order valence-electron chi connectivity index (χ0n) is 16.8. The third-order valence-electron chi connectivity index (χ3n) is 5.58. The SMILES string of the molecule is O=C(CCOC[C@H]1CCCO1)Nc1ccnn1[C@@H]1CCN(Cc2ccccc2)C1. The standard InChI is InChI=1S/C22H30N4O3/c27-22(10-14-28-17-20-7-4-13-29-20)24-21-8-11-23-26(21)19-9-12-25(16-19)15-18-5-2-1-3-6-18/h1-3,5-6,8,11,19-20H,4,7,9-10,12-17H2,(H,24,27)/t19-,20-/m1/s1. The normalized spacial score (nSPS) is 22.2. The second-order valence-corrected chi connectivity index (χ2v) is 7.83. The van der Waals surface area contributed by atoms with Crippen LogP contribution >= 0.6 is 0 Å². The number of nitrogens with zero attached hydrogens (tertiary/aromatic N) is 3. The number of ether oxygens (including phenoxy) is 2. The molecule has 7 nitrogen and oxygen atoms in total. The fourth-order valence-corrected chi connectivity index (χ4v) is 4.06. The molecule has 2 atom stereocenters. The summed E-state index contributed by atoms with van der Waals surface area (Å²) in [6, 6.07) is 12.7. The molecule has 156 valence electrons. The van der Waals surface area contributed by atoms with E-state index in [0.29, 0.717) is 19.6 Å². The van der Waals surface area contributed by atoms with Crippen molar-refractivity contribution in [3.8, 4) is 0 Å². The van der Waals surface area contributed by atoms with Crippen LogP contribution in [0.1, 0.15) is 37.3 Å². The van der Waals surface area contributed by atoms with Gasteiger partial charge < -0.3 is 14.8 Å². The summed E-state index contributed by atoms with van der Waals surface area (Å²) in [6.45, 7) is 4.72. The number of hydrogen-bond acceptors (Lipinski definition) is 5. The molecule has 0 spiro atoms. The number of aromatic nitrogens is 2. The molecular weight excluding hydrogens is 368 g/mol. The van der Waals surface area contributed by atoms with Gasteiger partial charge in [0.1, 0.15) is 5.82 Å². The molecule has 7 heteroatoms. The highest BCUT2D eigenvalue weighted by atomic mass is 16.5. The van der Waals surface area contributed by atoms with Gasteiger partial charge in [-0.25, -0.2) is 4.68 Å². The number of anilines is 1. The van der Waals surface area contributed by atoms with Crippen LogP contribution in [0.3, 0.4) is 0 Å². The largest absolute Gasteiger partial charge is 0.378 e. The average Bonchev–Trinajstić information content (AvgIpc) is 3.48. The van der Waals surface area contributed by atoms with Gasteiger partial charge in [0, 0.05) is 32.3 Å². The highest BCUT2D eigenvalue weighted by Gasteiger charge is 2.26. The van der Waals surface area contributed by atoms with Gasteiger partial charge in [-0.2, -0.15) is 5.10 Å². The Morgan fingerprint density at radius 3 is 2.97 bits per heavy atom. The quantitative estimate of drug-likeness (QED) is 0.658. The summed E-state index contributed by atoms with van der Waals surface area (Å²) in [6.07, 6.45) is 5.46. The topological polar surface area (TPSA) is 68.6 Å². The highest BCUT2D eigenvalue weighted by molar-refractivity contribution is 5.89. The number of rotatable bonds is 9. The van der Waals surface area contributed by atoms with Crippen LogP contribution in [-0.2, 0) is 20.8 Å². The Labute approximate surface area is 172 Å². The van der Waals surface area contributed by atoms with E-state index in [9.17, 15) is 4.79 Å². The van der Waals surface area contributed by atoms with E-state index in [1.165, 1.54) is 5.56 Å². The molecule has 2 aromatic rings. The molecule has 0 saturated carbocycles. The van der Waals surface area contributed by atoms with Crippen molar-refractivity contribution in [3.05, 3.63) is 48.2 Å². The predicted molar refractivity (Wildman–Crippen MR) is 111 cm³/mol. The molecule has 0 unspecified atom stereocenters. The maximum absolute atomic E-state index is 12.3. The minimum Gasteiger partial charge on any atom is -0.378 e. The first-order valence-corrected chi connectivity index (χ1v) is 10.6. The fraction of sp³-hybridized carbons (Fsp3) is 0.545. The van der Waals surface area contributed by atoms with E-state index in [0.717, 1.165) is 51.3 Å². The molecule has 1 aromatic carbocycles. The van der Waals surface area contributed by atoms with E-state index >= 15 is 0 Å².